The van der Waals surface area contributed by atoms with Crippen molar-refractivity contribution in [2.24, 2.45) is 0 Å². The highest BCUT2D eigenvalue weighted by Gasteiger charge is 2.44. The van der Waals surface area contributed by atoms with E-state index < -0.39 is 78.4 Å². The lowest BCUT2D eigenvalue weighted by Gasteiger charge is -2.28. The van der Waals surface area contributed by atoms with E-state index in [1.54, 1.807) is 24.3 Å². The number of carbonyl (C=O) groups excluding carboxylic acids is 9. The van der Waals surface area contributed by atoms with Gasteiger partial charge in [-0.15, -0.1) is 0 Å². The number of aliphatic hydroxyl groups is 1. The molecule has 5 aromatic rings. The van der Waals surface area contributed by atoms with Crippen LogP contribution in [0, 0.1) is 0 Å². The largest absolute Gasteiger partial charge is 0.467 e. The number of fused-ring (bicyclic) bond motifs is 1. The highest BCUT2D eigenvalue weighted by molar-refractivity contribution is 6.00. The number of rotatable bonds is 11. The van der Waals surface area contributed by atoms with Gasteiger partial charge in [-0.25, -0.2) is 14.4 Å². The topological polar surface area (TPSA) is 236 Å². The van der Waals surface area contributed by atoms with Crippen LogP contribution in [0.4, 0.5) is 0 Å². The molecule has 2 amide bonds. The standard InChI is InChI=1S/C20H21NO4.C20H19NO4.C10H8O4.C6H10O4/c2*1-25-20(24)17-12-16(22)13-21(17)19(23)18(14-8-4-2-5-9-14)15-10-6-3-7-11-15;1-6(11)13-10-8-5-3-2-4-7(8)9(12)14-10;1-4(7)9-6(3)10-5(2)8/h2-11,16-18,22H,12-13H2,1H3;2-11,17-18H,12-13H2,1H3;2-5,10H,1H3;6H,1-3H3/t16-,17+;17-;;/m10../s1. The second-order valence-electron chi connectivity index (χ2n) is 16.9. The molecule has 0 radical (unpaired) electrons. The summed E-state index contributed by atoms with van der Waals surface area (Å²) in [4.78, 5) is 108. The predicted molar refractivity (Wildman–Crippen MR) is 264 cm³/mol. The van der Waals surface area contributed by atoms with Gasteiger partial charge < -0.3 is 43.3 Å². The molecule has 1 N–H and O–H groups in total. The maximum absolute atomic E-state index is 13.3. The summed E-state index contributed by atoms with van der Waals surface area (Å²) in [6.07, 6.45) is -2.17. The average molecular weight is 1020 g/mol. The Hall–Kier alpha value is -8.51. The quantitative estimate of drug-likeness (QED) is 0.0908. The number of benzene rings is 5. The zero-order valence-electron chi connectivity index (χ0n) is 41.7. The van der Waals surface area contributed by atoms with Crippen molar-refractivity contribution in [2.75, 3.05) is 27.3 Å². The number of cyclic esters (lactones) is 1. The molecular weight excluding hydrogens is 957 g/mol. The Labute approximate surface area is 428 Å². The van der Waals surface area contributed by atoms with Crippen molar-refractivity contribution in [1.29, 1.82) is 0 Å². The number of hydrogen-bond donors (Lipinski definition) is 1. The molecular formula is C56H58N2O16. The molecule has 4 atom stereocenters. The monoisotopic (exact) mass is 1010 g/mol. The highest BCUT2D eigenvalue weighted by atomic mass is 16.7. The van der Waals surface area contributed by atoms with Crippen LogP contribution in [0.3, 0.4) is 0 Å². The third-order valence-electron chi connectivity index (χ3n) is 11.5. The number of aliphatic hydroxyl groups excluding tert-OH is 1. The third kappa shape index (κ3) is 15.5. The molecule has 0 aliphatic carbocycles. The molecule has 0 spiro atoms. The zero-order chi connectivity index (χ0) is 53.9. The number of methoxy groups -OCH3 is 2. The van der Waals surface area contributed by atoms with Crippen LogP contribution >= 0.6 is 0 Å². The Kier molecular flexibility index (Phi) is 20.8. The molecule has 1 unspecified atom stereocenters. The fraction of sp³-hybridized carbons (Fsp3) is 0.304. The molecule has 5 aromatic carbocycles. The molecule has 8 rings (SSSR count). The van der Waals surface area contributed by atoms with Crippen molar-refractivity contribution < 1.29 is 76.7 Å². The molecule has 18 nitrogen and oxygen atoms in total. The van der Waals surface area contributed by atoms with Crippen molar-refractivity contribution in [3.63, 3.8) is 0 Å². The van der Waals surface area contributed by atoms with Gasteiger partial charge in [-0.3, -0.25) is 28.8 Å². The van der Waals surface area contributed by atoms with Gasteiger partial charge in [0, 0.05) is 52.6 Å². The van der Waals surface area contributed by atoms with Crippen molar-refractivity contribution >= 4 is 53.4 Å². The van der Waals surface area contributed by atoms with Gasteiger partial charge in [0.1, 0.15) is 12.1 Å². The SMILES string of the molecule is CC(=O)OC(C)OC(C)=O.CC(=O)OC1OC(=O)c2ccccc21.COC(=O)[C@@H]1CC(=O)CN1C(=O)C(c1ccccc1)c1ccccc1.COC(=O)[C@@H]1C[C@@H](O)CN1C(=O)C(c1ccccc1)c1ccccc1. The average Bonchev–Trinajstić information content (AvgIpc) is 4.08. The van der Waals surface area contributed by atoms with Crippen molar-refractivity contribution in [1.82, 2.24) is 9.80 Å². The summed E-state index contributed by atoms with van der Waals surface area (Å²) in [6.45, 7) is 5.32. The van der Waals surface area contributed by atoms with Crippen LogP contribution in [-0.2, 0) is 66.8 Å². The van der Waals surface area contributed by atoms with E-state index in [2.05, 4.69) is 9.47 Å². The Balaban J connectivity index is 0.000000194. The van der Waals surface area contributed by atoms with Crippen LogP contribution in [0.1, 0.15) is 96.8 Å². The minimum atomic E-state index is -0.879. The van der Waals surface area contributed by atoms with Crippen molar-refractivity contribution in [3.8, 4) is 0 Å². The number of Topliss-reactive ketones (excluding diaryl/α,β-unsaturated/α-hetero) is 1. The fourth-order valence-electron chi connectivity index (χ4n) is 8.40. The van der Waals surface area contributed by atoms with Crippen LogP contribution in [0.2, 0.25) is 0 Å². The summed E-state index contributed by atoms with van der Waals surface area (Å²) in [5, 5.41) is 9.98. The van der Waals surface area contributed by atoms with Crippen LogP contribution < -0.4 is 0 Å². The summed E-state index contributed by atoms with van der Waals surface area (Å²) < 4.78 is 28.2. The Bertz CT molecular complexity index is 2640. The summed E-state index contributed by atoms with van der Waals surface area (Å²) in [5.41, 5.74) is 4.40. The lowest BCUT2D eigenvalue weighted by Crippen LogP contribution is -2.43. The van der Waals surface area contributed by atoms with Gasteiger partial charge in [0.25, 0.3) is 6.29 Å². The first-order chi connectivity index (χ1) is 35.4. The van der Waals surface area contributed by atoms with E-state index in [9.17, 15) is 48.3 Å². The van der Waals surface area contributed by atoms with Crippen molar-refractivity contribution in [2.45, 2.75) is 83.1 Å². The van der Waals surface area contributed by atoms with Crippen LogP contribution in [0.15, 0.2) is 146 Å². The molecule has 388 valence electrons. The number of esters is 6. The van der Waals surface area contributed by atoms with E-state index in [1.165, 1.54) is 51.7 Å². The van der Waals surface area contributed by atoms with E-state index in [0.717, 1.165) is 22.3 Å². The van der Waals surface area contributed by atoms with Gasteiger partial charge in [0.2, 0.25) is 18.1 Å². The fourth-order valence-corrected chi connectivity index (χ4v) is 8.40. The first-order valence-corrected chi connectivity index (χ1v) is 23.4. The van der Waals surface area contributed by atoms with E-state index in [4.69, 9.17) is 18.9 Å². The van der Waals surface area contributed by atoms with E-state index in [0.29, 0.717) is 11.1 Å². The van der Waals surface area contributed by atoms with Crippen LogP contribution in [-0.4, -0.2) is 120 Å². The second kappa shape index (κ2) is 27.4. The molecule has 0 saturated carbocycles. The van der Waals surface area contributed by atoms with Gasteiger partial charge in [-0.05, 0) is 28.3 Å². The maximum Gasteiger partial charge on any atom is 0.342 e. The first-order valence-electron chi connectivity index (χ1n) is 23.4. The number of ether oxygens (including phenoxy) is 6. The zero-order valence-corrected chi connectivity index (χ0v) is 41.7. The van der Waals surface area contributed by atoms with Gasteiger partial charge >= 0.3 is 35.8 Å². The van der Waals surface area contributed by atoms with Crippen molar-refractivity contribution in [3.05, 3.63) is 179 Å². The Morgan fingerprint density at radius 2 is 0.973 bits per heavy atom. The molecule has 0 bridgehead atoms. The molecule has 2 saturated heterocycles. The molecule has 18 heteroatoms. The molecule has 74 heavy (non-hydrogen) atoms. The number of carbonyl (C=O) groups is 9. The Morgan fingerprint density at radius 3 is 1.39 bits per heavy atom. The summed E-state index contributed by atoms with van der Waals surface area (Å²) in [5.74, 6) is -4.61. The van der Waals surface area contributed by atoms with Gasteiger partial charge in [-0.2, -0.15) is 0 Å². The van der Waals surface area contributed by atoms with E-state index in [1.807, 2.05) is 121 Å². The number of β-amino-alcohol motifs (C(OH)–C–C–N with tert-alkyl or cyclic N) is 1. The third-order valence-corrected chi connectivity index (χ3v) is 11.5. The molecule has 3 heterocycles. The van der Waals surface area contributed by atoms with Crippen LogP contribution in [0.25, 0.3) is 0 Å². The lowest BCUT2D eigenvalue weighted by atomic mass is 9.90. The number of ketones is 1. The Morgan fingerprint density at radius 1 is 0.568 bits per heavy atom. The van der Waals surface area contributed by atoms with Gasteiger partial charge in [0.15, 0.2) is 5.78 Å². The van der Waals surface area contributed by atoms with Crippen LogP contribution in [0.5, 0.6) is 0 Å². The lowest BCUT2D eigenvalue weighted by molar-refractivity contribution is -0.181. The van der Waals surface area contributed by atoms with Gasteiger partial charge in [0.05, 0.1) is 44.3 Å². The minimum Gasteiger partial charge on any atom is -0.467 e. The predicted octanol–water partition coefficient (Wildman–Crippen LogP) is 5.99. The smallest absolute Gasteiger partial charge is 0.342 e. The number of nitrogens with zero attached hydrogens (tertiary/aromatic N) is 2. The molecule has 0 aromatic heterocycles. The van der Waals surface area contributed by atoms with E-state index >= 15 is 0 Å². The molecule has 3 aliphatic rings. The number of amides is 2. The van der Waals surface area contributed by atoms with E-state index in [-0.39, 0.29) is 43.5 Å². The molecule has 3 aliphatic heterocycles. The maximum atomic E-state index is 13.3. The minimum absolute atomic E-state index is 0.00864. The second-order valence-corrected chi connectivity index (χ2v) is 16.9. The number of hydrogen-bond acceptors (Lipinski definition) is 16. The highest BCUT2D eigenvalue weighted by Crippen LogP contribution is 2.33. The number of likely N-dealkylation sites (tertiary alicyclic amines) is 2. The summed E-state index contributed by atoms with van der Waals surface area (Å²) in [6, 6.07) is 42.9. The first kappa shape index (κ1) is 56.4. The normalized spacial score (nSPS) is 17.2. The molecule has 2 fully saturated rings. The summed E-state index contributed by atoms with van der Waals surface area (Å²) in [7, 11) is 2.56. The van der Waals surface area contributed by atoms with Gasteiger partial charge in [-0.1, -0.05) is 140 Å². The summed E-state index contributed by atoms with van der Waals surface area (Å²) >= 11 is 0.